The first kappa shape index (κ1) is 11.4. The van der Waals surface area contributed by atoms with Gasteiger partial charge in [-0.2, -0.15) is 5.10 Å². The number of nitrogens with zero attached hydrogens (tertiary/aromatic N) is 2. The summed E-state index contributed by atoms with van der Waals surface area (Å²) in [6, 6.07) is 10.1. The molecule has 0 saturated heterocycles. The van der Waals surface area contributed by atoms with Gasteiger partial charge in [-0.1, -0.05) is 24.1 Å². The number of benzene rings is 1. The van der Waals surface area contributed by atoms with Crippen molar-refractivity contribution in [2.75, 3.05) is 6.54 Å². The van der Waals surface area contributed by atoms with Gasteiger partial charge in [-0.3, -0.25) is 0 Å². The second-order valence-corrected chi connectivity index (χ2v) is 3.66. The number of para-hydroxylation sites is 1. The molecule has 0 atom stereocenters. The Balaban J connectivity index is 1.98. The molecule has 1 aromatic heterocycles. The summed E-state index contributed by atoms with van der Waals surface area (Å²) in [4.78, 5) is 0. The molecule has 86 valence electrons. The maximum atomic E-state index is 4.33. The van der Waals surface area contributed by atoms with Crippen molar-refractivity contribution in [1.29, 1.82) is 0 Å². The van der Waals surface area contributed by atoms with Crippen LogP contribution in [0.4, 0.5) is 0 Å². The zero-order chi connectivity index (χ0) is 11.9. The van der Waals surface area contributed by atoms with Gasteiger partial charge in [0.25, 0.3) is 0 Å². The predicted molar refractivity (Wildman–Crippen MR) is 68.7 cm³/mol. The molecule has 0 aliphatic heterocycles. The summed E-state index contributed by atoms with van der Waals surface area (Å²) >= 11 is 0. The molecule has 0 unspecified atom stereocenters. The second kappa shape index (κ2) is 5.88. The smallest absolute Gasteiger partial charge is 0.0645 e. The van der Waals surface area contributed by atoms with Gasteiger partial charge < -0.3 is 5.32 Å². The molecule has 0 aliphatic carbocycles. The van der Waals surface area contributed by atoms with Gasteiger partial charge in [-0.25, -0.2) is 4.68 Å². The highest BCUT2D eigenvalue weighted by Gasteiger charge is 1.99. The van der Waals surface area contributed by atoms with Crippen molar-refractivity contribution in [1.82, 2.24) is 15.1 Å². The van der Waals surface area contributed by atoms with E-state index in [1.54, 1.807) is 0 Å². The summed E-state index contributed by atoms with van der Waals surface area (Å²) in [6.07, 6.45) is 3.90. The van der Waals surface area contributed by atoms with E-state index in [1.807, 2.05) is 54.3 Å². The zero-order valence-corrected chi connectivity index (χ0v) is 9.85. The molecular weight excluding hydrogens is 210 g/mol. The lowest BCUT2D eigenvalue weighted by Crippen LogP contribution is -2.12. The summed E-state index contributed by atoms with van der Waals surface area (Å²) in [6.45, 7) is 3.35. The summed E-state index contributed by atoms with van der Waals surface area (Å²) < 4.78 is 1.88. The monoisotopic (exact) mass is 225 g/mol. The maximum Gasteiger partial charge on any atom is 0.0645 e. The van der Waals surface area contributed by atoms with Crippen LogP contribution < -0.4 is 5.32 Å². The highest BCUT2D eigenvalue weighted by atomic mass is 15.3. The van der Waals surface area contributed by atoms with Gasteiger partial charge in [0.2, 0.25) is 0 Å². The van der Waals surface area contributed by atoms with Crippen LogP contribution in [-0.4, -0.2) is 16.3 Å². The minimum Gasteiger partial charge on any atom is -0.302 e. The van der Waals surface area contributed by atoms with E-state index in [0.29, 0.717) is 6.54 Å². The van der Waals surface area contributed by atoms with Crippen LogP contribution in [0.15, 0.2) is 42.7 Å². The number of aromatic nitrogens is 2. The first-order valence-corrected chi connectivity index (χ1v) is 5.59. The standard InChI is InChI=1S/C14H15N3/c1-2-3-9-15-10-13-11-16-17(12-13)14-7-5-4-6-8-14/h4-8,11-12,15H,9-10H2,1H3. The molecule has 0 fully saturated rings. The normalized spacial score (nSPS) is 9.71. The van der Waals surface area contributed by atoms with Gasteiger partial charge in [-0.15, -0.1) is 5.92 Å². The van der Waals surface area contributed by atoms with Crippen LogP contribution in [0.25, 0.3) is 5.69 Å². The molecule has 1 heterocycles. The fraction of sp³-hybridized carbons (Fsp3) is 0.214. The Bertz CT molecular complexity index is 517. The molecule has 3 heteroatoms. The van der Waals surface area contributed by atoms with Crippen molar-refractivity contribution in [2.45, 2.75) is 13.5 Å². The van der Waals surface area contributed by atoms with Gasteiger partial charge in [0.1, 0.15) is 0 Å². The number of hydrogen-bond donors (Lipinski definition) is 1. The van der Waals surface area contributed by atoms with Gasteiger partial charge in [0.15, 0.2) is 0 Å². The van der Waals surface area contributed by atoms with Crippen molar-refractivity contribution in [3.8, 4) is 17.5 Å². The first-order chi connectivity index (χ1) is 8.40. The predicted octanol–water partition coefficient (Wildman–Crippen LogP) is 1.99. The highest BCUT2D eigenvalue weighted by molar-refractivity contribution is 5.30. The Morgan fingerprint density at radius 1 is 1.29 bits per heavy atom. The van der Waals surface area contributed by atoms with E-state index in [2.05, 4.69) is 22.3 Å². The summed E-state index contributed by atoms with van der Waals surface area (Å²) in [5.74, 6) is 5.82. The van der Waals surface area contributed by atoms with E-state index < -0.39 is 0 Å². The Morgan fingerprint density at radius 3 is 2.88 bits per heavy atom. The summed E-state index contributed by atoms with van der Waals surface area (Å²) in [5.41, 5.74) is 2.24. The van der Waals surface area contributed by atoms with Crippen LogP contribution in [0.5, 0.6) is 0 Å². The molecule has 0 aliphatic rings. The number of hydrogen-bond acceptors (Lipinski definition) is 2. The maximum absolute atomic E-state index is 4.33. The molecule has 1 N–H and O–H groups in total. The quantitative estimate of drug-likeness (QED) is 0.637. The lowest BCUT2D eigenvalue weighted by molar-refractivity contribution is 0.769. The average molecular weight is 225 g/mol. The second-order valence-electron chi connectivity index (χ2n) is 3.66. The van der Waals surface area contributed by atoms with Crippen molar-refractivity contribution < 1.29 is 0 Å². The Labute approximate surface area is 101 Å². The third-order valence-electron chi connectivity index (χ3n) is 2.38. The molecule has 0 spiro atoms. The minimum absolute atomic E-state index is 0.715. The van der Waals surface area contributed by atoms with Crippen LogP contribution in [0.1, 0.15) is 12.5 Å². The molecule has 0 amide bonds. The molecule has 0 radical (unpaired) electrons. The molecule has 3 nitrogen and oxygen atoms in total. The molecule has 17 heavy (non-hydrogen) atoms. The van der Waals surface area contributed by atoms with E-state index in [9.17, 15) is 0 Å². The molecular formula is C14H15N3. The molecule has 2 rings (SSSR count). The lowest BCUT2D eigenvalue weighted by Gasteiger charge is -1.99. The third kappa shape index (κ3) is 3.20. The topological polar surface area (TPSA) is 29.9 Å². The molecule has 0 bridgehead atoms. The Morgan fingerprint density at radius 2 is 2.12 bits per heavy atom. The first-order valence-electron chi connectivity index (χ1n) is 5.59. The van der Waals surface area contributed by atoms with Crippen LogP contribution >= 0.6 is 0 Å². The highest BCUT2D eigenvalue weighted by Crippen LogP contribution is 2.07. The average Bonchev–Trinajstić information content (AvgIpc) is 2.85. The van der Waals surface area contributed by atoms with Crippen molar-refractivity contribution in [2.24, 2.45) is 0 Å². The fourth-order valence-electron chi connectivity index (χ4n) is 1.53. The van der Waals surface area contributed by atoms with E-state index in [1.165, 1.54) is 0 Å². The van der Waals surface area contributed by atoms with Crippen LogP contribution in [-0.2, 0) is 6.54 Å². The van der Waals surface area contributed by atoms with Gasteiger partial charge >= 0.3 is 0 Å². The van der Waals surface area contributed by atoms with Gasteiger partial charge in [0.05, 0.1) is 18.4 Å². The third-order valence-corrected chi connectivity index (χ3v) is 2.38. The van der Waals surface area contributed by atoms with Gasteiger partial charge in [-0.05, 0) is 19.1 Å². The van der Waals surface area contributed by atoms with Crippen LogP contribution in [0, 0.1) is 11.8 Å². The fourth-order valence-corrected chi connectivity index (χ4v) is 1.53. The van der Waals surface area contributed by atoms with E-state index in [-0.39, 0.29) is 0 Å². The minimum atomic E-state index is 0.715. The largest absolute Gasteiger partial charge is 0.302 e. The van der Waals surface area contributed by atoms with Crippen molar-refractivity contribution in [3.05, 3.63) is 48.3 Å². The van der Waals surface area contributed by atoms with Crippen molar-refractivity contribution in [3.63, 3.8) is 0 Å². The van der Waals surface area contributed by atoms with E-state index in [0.717, 1.165) is 17.8 Å². The van der Waals surface area contributed by atoms with E-state index >= 15 is 0 Å². The summed E-state index contributed by atoms with van der Waals surface area (Å²) in [5, 5.41) is 7.57. The molecule has 0 saturated carbocycles. The Kier molecular flexibility index (Phi) is 3.95. The molecule has 2 aromatic rings. The number of nitrogens with one attached hydrogen (secondary N) is 1. The number of rotatable bonds is 4. The summed E-state index contributed by atoms with van der Waals surface area (Å²) in [7, 11) is 0. The Hall–Kier alpha value is -2.05. The zero-order valence-electron chi connectivity index (χ0n) is 9.85. The SMILES string of the molecule is CC#CCNCc1cnn(-c2ccccc2)c1. The van der Waals surface area contributed by atoms with Gasteiger partial charge in [0, 0.05) is 18.3 Å². The lowest BCUT2D eigenvalue weighted by atomic mass is 10.3. The molecule has 1 aromatic carbocycles. The van der Waals surface area contributed by atoms with Crippen molar-refractivity contribution >= 4 is 0 Å². The van der Waals surface area contributed by atoms with Crippen LogP contribution in [0.2, 0.25) is 0 Å². The van der Waals surface area contributed by atoms with E-state index in [4.69, 9.17) is 0 Å². The van der Waals surface area contributed by atoms with Crippen LogP contribution in [0.3, 0.4) is 0 Å².